The Kier molecular flexibility index (Phi) is 4.72. The molecule has 100 valence electrons. The maximum absolute atomic E-state index is 6.29. The van der Waals surface area contributed by atoms with Crippen LogP contribution in [0.1, 0.15) is 31.2 Å². The van der Waals surface area contributed by atoms with E-state index in [0.29, 0.717) is 10.8 Å². The Morgan fingerprint density at radius 2 is 2.06 bits per heavy atom. The van der Waals surface area contributed by atoms with E-state index in [1.807, 2.05) is 19.2 Å². The number of halogens is 1. The van der Waals surface area contributed by atoms with Crippen molar-refractivity contribution >= 4 is 11.6 Å². The van der Waals surface area contributed by atoms with Crippen LogP contribution in [0, 0.1) is 0 Å². The van der Waals surface area contributed by atoms with Gasteiger partial charge in [-0.2, -0.15) is 0 Å². The van der Waals surface area contributed by atoms with Gasteiger partial charge in [-0.25, -0.2) is 0 Å². The SMILES string of the molecule is CNCc1cc(Cl)c(OC2CCCC2)c(OC)c1. The average molecular weight is 270 g/mol. The Bertz CT molecular complexity index is 403. The van der Waals surface area contributed by atoms with Gasteiger partial charge in [-0.1, -0.05) is 11.6 Å². The van der Waals surface area contributed by atoms with Gasteiger partial charge in [0.1, 0.15) is 0 Å². The molecule has 4 heteroatoms. The summed E-state index contributed by atoms with van der Waals surface area (Å²) in [4.78, 5) is 0. The van der Waals surface area contributed by atoms with Crippen LogP contribution < -0.4 is 14.8 Å². The van der Waals surface area contributed by atoms with E-state index in [1.165, 1.54) is 12.8 Å². The van der Waals surface area contributed by atoms with Crippen molar-refractivity contribution in [2.75, 3.05) is 14.2 Å². The smallest absolute Gasteiger partial charge is 0.180 e. The van der Waals surface area contributed by atoms with E-state index in [-0.39, 0.29) is 6.10 Å². The number of hydrogen-bond donors (Lipinski definition) is 1. The van der Waals surface area contributed by atoms with Gasteiger partial charge in [0.05, 0.1) is 18.2 Å². The van der Waals surface area contributed by atoms with Crippen molar-refractivity contribution in [3.05, 3.63) is 22.7 Å². The van der Waals surface area contributed by atoms with E-state index >= 15 is 0 Å². The Hall–Kier alpha value is -0.930. The standard InChI is InChI=1S/C14H20ClNO2/c1-16-9-10-7-12(15)14(13(8-10)17-2)18-11-5-3-4-6-11/h7-8,11,16H,3-6,9H2,1-2H3. The van der Waals surface area contributed by atoms with Crippen LogP contribution in [-0.4, -0.2) is 20.3 Å². The largest absolute Gasteiger partial charge is 0.493 e. The van der Waals surface area contributed by atoms with Crippen LogP contribution in [0.25, 0.3) is 0 Å². The van der Waals surface area contributed by atoms with Gasteiger partial charge in [0.15, 0.2) is 11.5 Å². The van der Waals surface area contributed by atoms with Crippen LogP contribution in [0.2, 0.25) is 5.02 Å². The van der Waals surface area contributed by atoms with Crippen LogP contribution in [0.4, 0.5) is 0 Å². The Labute approximate surface area is 113 Å². The lowest BCUT2D eigenvalue weighted by atomic mass is 10.2. The third kappa shape index (κ3) is 3.09. The molecular formula is C14H20ClNO2. The zero-order valence-electron chi connectivity index (χ0n) is 11.0. The topological polar surface area (TPSA) is 30.5 Å². The second-order valence-electron chi connectivity index (χ2n) is 4.66. The summed E-state index contributed by atoms with van der Waals surface area (Å²) in [6.45, 7) is 0.764. The highest BCUT2D eigenvalue weighted by atomic mass is 35.5. The molecule has 0 saturated heterocycles. The van der Waals surface area contributed by atoms with Gasteiger partial charge in [-0.3, -0.25) is 0 Å². The molecule has 0 aliphatic heterocycles. The summed E-state index contributed by atoms with van der Waals surface area (Å²) in [7, 11) is 3.56. The number of benzene rings is 1. The first kappa shape index (κ1) is 13.5. The number of hydrogen-bond acceptors (Lipinski definition) is 3. The molecule has 3 nitrogen and oxygen atoms in total. The highest BCUT2D eigenvalue weighted by Crippen LogP contribution is 2.38. The number of methoxy groups -OCH3 is 1. The summed E-state index contributed by atoms with van der Waals surface area (Å²) in [5.74, 6) is 1.41. The fourth-order valence-electron chi connectivity index (χ4n) is 2.37. The van der Waals surface area contributed by atoms with Crippen LogP contribution in [0.3, 0.4) is 0 Å². The summed E-state index contributed by atoms with van der Waals surface area (Å²) in [5.41, 5.74) is 1.10. The summed E-state index contributed by atoms with van der Waals surface area (Å²) in [6, 6.07) is 3.91. The highest BCUT2D eigenvalue weighted by Gasteiger charge is 2.20. The van der Waals surface area contributed by atoms with Crippen LogP contribution in [0.5, 0.6) is 11.5 Å². The van der Waals surface area contributed by atoms with Crippen LogP contribution in [0.15, 0.2) is 12.1 Å². The van der Waals surface area contributed by atoms with Gasteiger partial charge in [-0.05, 0) is 50.4 Å². The van der Waals surface area contributed by atoms with Crippen molar-refractivity contribution in [2.45, 2.75) is 38.3 Å². The maximum atomic E-state index is 6.29. The normalized spacial score (nSPS) is 15.9. The molecular weight excluding hydrogens is 250 g/mol. The number of nitrogens with one attached hydrogen (secondary N) is 1. The predicted octanol–water partition coefficient (Wildman–Crippen LogP) is 3.39. The third-order valence-electron chi connectivity index (χ3n) is 3.26. The molecule has 0 bridgehead atoms. The highest BCUT2D eigenvalue weighted by molar-refractivity contribution is 6.32. The molecule has 1 aliphatic carbocycles. The molecule has 2 rings (SSSR count). The van der Waals surface area contributed by atoms with Crippen molar-refractivity contribution in [3.8, 4) is 11.5 Å². The van der Waals surface area contributed by atoms with Gasteiger partial charge in [0.25, 0.3) is 0 Å². The van der Waals surface area contributed by atoms with Gasteiger partial charge < -0.3 is 14.8 Å². The van der Waals surface area contributed by atoms with E-state index in [0.717, 1.165) is 30.7 Å². The second-order valence-corrected chi connectivity index (χ2v) is 5.07. The van der Waals surface area contributed by atoms with Crippen molar-refractivity contribution < 1.29 is 9.47 Å². The molecule has 0 spiro atoms. The molecule has 1 fully saturated rings. The molecule has 1 aliphatic rings. The van der Waals surface area contributed by atoms with Crippen LogP contribution >= 0.6 is 11.6 Å². The molecule has 0 unspecified atom stereocenters. The minimum atomic E-state index is 0.284. The van der Waals surface area contributed by atoms with Gasteiger partial charge in [-0.15, -0.1) is 0 Å². The number of ether oxygens (including phenoxy) is 2. The van der Waals surface area contributed by atoms with E-state index < -0.39 is 0 Å². The Morgan fingerprint density at radius 1 is 1.33 bits per heavy atom. The molecule has 1 aromatic carbocycles. The lowest BCUT2D eigenvalue weighted by Gasteiger charge is -2.18. The average Bonchev–Trinajstić information content (AvgIpc) is 2.85. The van der Waals surface area contributed by atoms with Gasteiger partial charge in [0.2, 0.25) is 0 Å². The molecule has 1 aromatic rings. The minimum Gasteiger partial charge on any atom is -0.493 e. The Balaban J connectivity index is 2.21. The molecule has 0 radical (unpaired) electrons. The zero-order valence-corrected chi connectivity index (χ0v) is 11.7. The lowest BCUT2D eigenvalue weighted by molar-refractivity contribution is 0.201. The van der Waals surface area contributed by atoms with Gasteiger partial charge in [0, 0.05) is 6.54 Å². The maximum Gasteiger partial charge on any atom is 0.180 e. The third-order valence-corrected chi connectivity index (χ3v) is 3.54. The van der Waals surface area contributed by atoms with Gasteiger partial charge >= 0.3 is 0 Å². The fraction of sp³-hybridized carbons (Fsp3) is 0.571. The quantitative estimate of drug-likeness (QED) is 0.889. The Morgan fingerprint density at radius 3 is 2.67 bits per heavy atom. The molecule has 0 amide bonds. The van der Waals surface area contributed by atoms with Crippen molar-refractivity contribution in [2.24, 2.45) is 0 Å². The summed E-state index contributed by atoms with van der Waals surface area (Å²) in [6.07, 6.45) is 4.98. The first-order valence-electron chi connectivity index (χ1n) is 6.42. The number of rotatable bonds is 5. The first-order valence-corrected chi connectivity index (χ1v) is 6.80. The molecule has 1 saturated carbocycles. The minimum absolute atomic E-state index is 0.284. The predicted molar refractivity (Wildman–Crippen MR) is 73.7 cm³/mol. The summed E-state index contributed by atoms with van der Waals surface area (Å²) >= 11 is 6.29. The first-order chi connectivity index (χ1) is 8.74. The fourth-order valence-corrected chi connectivity index (χ4v) is 2.64. The zero-order chi connectivity index (χ0) is 13.0. The van der Waals surface area contributed by atoms with E-state index in [9.17, 15) is 0 Å². The summed E-state index contributed by atoms with van der Waals surface area (Å²) < 4.78 is 11.4. The molecule has 1 N–H and O–H groups in total. The second kappa shape index (κ2) is 6.30. The molecule has 0 aromatic heterocycles. The molecule has 0 heterocycles. The van der Waals surface area contributed by atoms with Crippen molar-refractivity contribution in [1.82, 2.24) is 5.32 Å². The lowest BCUT2D eigenvalue weighted by Crippen LogP contribution is -2.12. The summed E-state index contributed by atoms with van der Waals surface area (Å²) in [5, 5.41) is 3.73. The van der Waals surface area contributed by atoms with Crippen molar-refractivity contribution in [1.29, 1.82) is 0 Å². The monoisotopic (exact) mass is 269 g/mol. The van der Waals surface area contributed by atoms with E-state index in [2.05, 4.69) is 5.32 Å². The molecule has 0 atom stereocenters. The van der Waals surface area contributed by atoms with Crippen LogP contribution in [-0.2, 0) is 6.54 Å². The van der Waals surface area contributed by atoms with Crippen molar-refractivity contribution in [3.63, 3.8) is 0 Å². The molecule has 18 heavy (non-hydrogen) atoms. The van der Waals surface area contributed by atoms with E-state index in [1.54, 1.807) is 7.11 Å². The van der Waals surface area contributed by atoms with E-state index in [4.69, 9.17) is 21.1 Å².